The lowest BCUT2D eigenvalue weighted by molar-refractivity contribution is 0.0795. The molecule has 0 aliphatic carbocycles. The van der Waals surface area contributed by atoms with Crippen molar-refractivity contribution in [2.24, 2.45) is 0 Å². The Bertz CT molecular complexity index is 800. The Morgan fingerprint density at radius 2 is 1.44 bits per heavy atom. The lowest BCUT2D eigenvalue weighted by atomic mass is 9.86. The van der Waals surface area contributed by atoms with Crippen LogP contribution in [0, 0.1) is 12.7 Å². The standard InChI is InChI=1S/C22H22FNO/c1-17-7-9-18(10-8-17)15-24-16-22(25,19-5-3-2-4-6-19)20-11-13-21(23)14-12-20/h2-14,24-25H,15-16H2,1H3/t22-/m1/s1. The zero-order valence-corrected chi connectivity index (χ0v) is 14.2. The molecule has 0 spiro atoms. The third-order valence-electron chi connectivity index (χ3n) is 4.40. The highest BCUT2D eigenvalue weighted by Crippen LogP contribution is 2.29. The molecule has 128 valence electrons. The highest BCUT2D eigenvalue weighted by Gasteiger charge is 2.31. The van der Waals surface area contributed by atoms with Gasteiger partial charge in [0, 0.05) is 13.1 Å². The Morgan fingerprint density at radius 3 is 2.08 bits per heavy atom. The molecule has 3 aromatic carbocycles. The second kappa shape index (κ2) is 7.60. The van der Waals surface area contributed by atoms with Gasteiger partial charge in [-0.1, -0.05) is 72.3 Å². The highest BCUT2D eigenvalue weighted by molar-refractivity contribution is 5.36. The summed E-state index contributed by atoms with van der Waals surface area (Å²) in [6.45, 7) is 3.03. The first-order chi connectivity index (χ1) is 12.1. The van der Waals surface area contributed by atoms with Crippen LogP contribution in [-0.4, -0.2) is 11.7 Å². The quantitative estimate of drug-likeness (QED) is 0.709. The summed E-state index contributed by atoms with van der Waals surface area (Å²) in [5.74, 6) is -0.313. The van der Waals surface area contributed by atoms with Gasteiger partial charge in [-0.15, -0.1) is 0 Å². The maximum atomic E-state index is 13.3. The highest BCUT2D eigenvalue weighted by atomic mass is 19.1. The first-order valence-electron chi connectivity index (χ1n) is 8.38. The minimum Gasteiger partial charge on any atom is -0.379 e. The van der Waals surface area contributed by atoms with Crippen molar-refractivity contribution in [2.75, 3.05) is 6.54 Å². The molecule has 0 fully saturated rings. The Kier molecular flexibility index (Phi) is 5.27. The zero-order chi connectivity index (χ0) is 17.7. The van der Waals surface area contributed by atoms with Gasteiger partial charge in [0.2, 0.25) is 0 Å². The van der Waals surface area contributed by atoms with Gasteiger partial charge in [0.1, 0.15) is 11.4 Å². The third kappa shape index (κ3) is 4.13. The molecule has 25 heavy (non-hydrogen) atoms. The van der Waals surface area contributed by atoms with E-state index >= 15 is 0 Å². The van der Waals surface area contributed by atoms with E-state index in [1.54, 1.807) is 12.1 Å². The summed E-state index contributed by atoms with van der Waals surface area (Å²) in [5, 5.41) is 14.7. The van der Waals surface area contributed by atoms with Crippen LogP contribution in [-0.2, 0) is 12.1 Å². The predicted molar refractivity (Wildman–Crippen MR) is 98.7 cm³/mol. The van der Waals surface area contributed by atoms with E-state index in [2.05, 4.69) is 36.5 Å². The molecule has 0 amide bonds. The molecular formula is C22H22FNO. The second-order valence-electron chi connectivity index (χ2n) is 6.32. The largest absolute Gasteiger partial charge is 0.379 e. The molecule has 0 unspecified atom stereocenters. The maximum Gasteiger partial charge on any atom is 0.127 e. The zero-order valence-electron chi connectivity index (χ0n) is 14.2. The predicted octanol–water partition coefficient (Wildman–Crippen LogP) is 4.16. The summed E-state index contributed by atoms with van der Waals surface area (Å²) in [6, 6.07) is 23.8. The average Bonchev–Trinajstić information content (AvgIpc) is 2.64. The van der Waals surface area contributed by atoms with Gasteiger partial charge in [-0.2, -0.15) is 0 Å². The number of aryl methyl sites for hydroxylation is 1. The van der Waals surface area contributed by atoms with E-state index in [0.717, 1.165) is 11.1 Å². The molecule has 0 aliphatic rings. The fourth-order valence-corrected chi connectivity index (χ4v) is 2.90. The van der Waals surface area contributed by atoms with Crippen molar-refractivity contribution in [3.8, 4) is 0 Å². The van der Waals surface area contributed by atoms with Crippen molar-refractivity contribution < 1.29 is 9.50 Å². The molecule has 0 bridgehead atoms. The average molecular weight is 335 g/mol. The Morgan fingerprint density at radius 1 is 0.840 bits per heavy atom. The molecule has 3 heteroatoms. The van der Waals surface area contributed by atoms with Gasteiger partial charge in [0.15, 0.2) is 0 Å². The molecule has 3 aromatic rings. The van der Waals surface area contributed by atoms with E-state index in [4.69, 9.17) is 0 Å². The molecule has 1 atom stereocenters. The molecule has 0 saturated heterocycles. The van der Waals surface area contributed by atoms with Crippen molar-refractivity contribution in [2.45, 2.75) is 19.1 Å². The molecule has 0 aromatic heterocycles. The summed E-state index contributed by atoms with van der Waals surface area (Å²) in [5.41, 5.74) is 2.59. The summed E-state index contributed by atoms with van der Waals surface area (Å²) >= 11 is 0. The molecule has 0 heterocycles. The van der Waals surface area contributed by atoms with Crippen molar-refractivity contribution in [3.05, 3.63) is 107 Å². The van der Waals surface area contributed by atoms with Crippen LogP contribution in [0.25, 0.3) is 0 Å². The van der Waals surface area contributed by atoms with Crippen LogP contribution in [0.1, 0.15) is 22.3 Å². The minimum atomic E-state index is -1.22. The Labute approximate surface area is 148 Å². The molecular weight excluding hydrogens is 313 g/mol. The number of halogens is 1. The second-order valence-corrected chi connectivity index (χ2v) is 6.32. The van der Waals surface area contributed by atoms with E-state index in [1.165, 1.54) is 17.7 Å². The van der Waals surface area contributed by atoms with Gasteiger partial charge in [-0.05, 0) is 35.7 Å². The minimum absolute atomic E-state index is 0.313. The number of aliphatic hydroxyl groups is 1. The Hall–Kier alpha value is -2.49. The number of hydrogen-bond donors (Lipinski definition) is 2. The van der Waals surface area contributed by atoms with Gasteiger partial charge < -0.3 is 10.4 Å². The summed E-state index contributed by atoms with van der Waals surface area (Å²) in [6.07, 6.45) is 0. The van der Waals surface area contributed by atoms with Crippen LogP contribution in [0.3, 0.4) is 0 Å². The Balaban J connectivity index is 1.81. The van der Waals surface area contributed by atoms with E-state index in [0.29, 0.717) is 18.7 Å². The molecule has 0 aliphatic heterocycles. The first-order valence-corrected chi connectivity index (χ1v) is 8.38. The van der Waals surface area contributed by atoms with Crippen LogP contribution in [0.2, 0.25) is 0 Å². The normalized spacial score (nSPS) is 13.4. The maximum absolute atomic E-state index is 13.3. The van der Waals surface area contributed by atoms with Crippen molar-refractivity contribution in [3.63, 3.8) is 0 Å². The lowest BCUT2D eigenvalue weighted by Gasteiger charge is -2.30. The molecule has 0 radical (unpaired) electrons. The van der Waals surface area contributed by atoms with Crippen LogP contribution in [0.4, 0.5) is 4.39 Å². The fraction of sp³-hybridized carbons (Fsp3) is 0.182. The van der Waals surface area contributed by atoms with E-state index in [-0.39, 0.29) is 5.82 Å². The summed E-state index contributed by atoms with van der Waals surface area (Å²) < 4.78 is 13.3. The third-order valence-corrected chi connectivity index (χ3v) is 4.40. The monoisotopic (exact) mass is 335 g/mol. The van der Waals surface area contributed by atoms with Crippen molar-refractivity contribution >= 4 is 0 Å². The lowest BCUT2D eigenvalue weighted by Crippen LogP contribution is -2.39. The first kappa shape index (κ1) is 17.3. The topological polar surface area (TPSA) is 32.3 Å². The number of rotatable bonds is 6. The molecule has 0 saturated carbocycles. The van der Waals surface area contributed by atoms with Gasteiger partial charge >= 0.3 is 0 Å². The van der Waals surface area contributed by atoms with Gasteiger partial charge in [0.05, 0.1) is 0 Å². The summed E-state index contributed by atoms with van der Waals surface area (Å²) in [4.78, 5) is 0. The molecule has 2 nitrogen and oxygen atoms in total. The van der Waals surface area contributed by atoms with Crippen LogP contribution in [0.15, 0.2) is 78.9 Å². The van der Waals surface area contributed by atoms with Crippen molar-refractivity contribution in [1.29, 1.82) is 0 Å². The van der Waals surface area contributed by atoms with E-state index in [1.807, 2.05) is 30.3 Å². The van der Waals surface area contributed by atoms with Crippen LogP contribution >= 0.6 is 0 Å². The summed E-state index contributed by atoms with van der Waals surface area (Å²) in [7, 11) is 0. The SMILES string of the molecule is Cc1ccc(CNC[C@@](O)(c2ccccc2)c2ccc(F)cc2)cc1. The molecule has 3 rings (SSSR count). The number of nitrogens with one attached hydrogen (secondary N) is 1. The number of benzene rings is 3. The van der Waals surface area contributed by atoms with Crippen molar-refractivity contribution in [1.82, 2.24) is 5.32 Å². The van der Waals surface area contributed by atoms with Gasteiger partial charge in [-0.25, -0.2) is 4.39 Å². The van der Waals surface area contributed by atoms with E-state index in [9.17, 15) is 9.50 Å². The van der Waals surface area contributed by atoms with E-state index < -0.39 is 5.60 Å². The van der Waals surface area contributed by atoms with Gasteiger partial charge in [-0.3, -0.25) is 0 Å². The van der Waals surface area contributed by atoms with Gasteiger partial charge in [0.25, 0.3) is 0 Å². The van der Waals surface area contributed by atoms with Crippen LogP contribution in [0.5, 0.6) is 0 Å². The van der Waals surface area contributed by atoms with Crippen LogP contribution < -0.4 is 5.32 Å². The smallest absolute Gasteiger partial charge is 0.127 e. The number of hydrogen-bond acceptors (Lipinski definition) is 2. The molecule has 2 N–H and O–H groups in total. The fourth-order valence-electron chi connectivity index (χ4n) is 2.90.